The second-order valence-corrected chi connectivity index (χ2v) is 7.95. The van der Waals surface area contributed by atoms with Gasteiger partial charge in [-0.2, -0.15) is 0 Å². The molecule has 170 valence electrons. The summed E-state index contributed by atoms with van der Waals surface area (Å²) in [7, 11) is 0. The number of carbonyl (C=O) groups is 1. The Bertz CT molecular complexity index is 1260. The normalized spacial score (nSPS) is 14.6. The van der Waals surface area contributed by atoms with Gasteiger partial charge in [-0.25, -0.2) is 14.4 Å². The van der Waals surface area contributed by atoms with Gasteiger partial charge in [0, 0.05) is 31.6 Å². The van der Waals surface area contributed by atoms with Gasteiger partial charge in [0.1, 0.15) is 11.6 Å². The fourth-order valence-corrected chi connectivity index (χ4v) is 3.84. The number of nitrogens with zero attached hydrogens (tertiary/aromatic N) is 3. The Kier molecular flexibility index (Phi) is 6.14. The number of aromatic amines is 1. The number of aromatic nitrogens is 3. The van der Waals surface area contributed by atoms with Crippen molar-refractivity contribution < 1.29 is 18.3 Å². The molecule has 2 N–H and O–H groups in total. The highest BCUT2D eigenvalue weighted by Crippen LogP contribution is 2.24. The predicted molar refractivity (Wildman–Crippen MR) is 121 cm³/mol. The number of anilines is 1. The lowest BCUT2D eigenvalue weighted by molar-refractivity contribution is -0.116. The number of aryl methyl sites for hydroxylation is 1. The number of benzene rings is 2. The molecule has 0 atom stereocenters. The molecule has 2 aromatic heterocycles. The fourth-order valence-electron chi connectivity index (χ4n) is 3.84. The van der Waals surface area contributed by atoms with Crippen LogP contribution in [0.3, 0.4) is 0 Å². The highest BCUT2D eigenvalue weighted by atomic mass is 19.1. The van der Waals surface area contributed by atoms with Crippen LogP contribution in [0.5, 0.6) is 0 Å². The van der Waals surface area contributed by atoms with Crippen molar-refractivity contribution in [3.63, 3.8) is 0 Å². The highest BCUT2D eigenvalue weighted by molar-refractivity contribution is 5.93. The molecule has 0 unspecified atom stereocenters. The first kappa shape index (κ1) is 21.3. The molecule has 1 fully saturated rings. The summed E-state index contributed by atoms with van der Waals surface area (Å²) in [5.74, 6) is 1.10. The molecule has 1 aliphatic rings. The second kappa shape index (κ2) is 9.51. The van der Waals surface area contributed by atoms with Crippen LogP contribution in [0.25, 0.3) is 22.4 Å². The van der Waals surface area contributed by atoms with Crippen molar-refractivity contribution >= 4 is 22.6 Å². The van der Waals surface area contributed by atoms with E-state index in [-0.39, 0.29) is 18.1 Å². The van der Waals surface area contributed by atoms with E-state index in [4.69, 9.17) is 9.15 Å². The van der Waals surface area contributed by atoms with Gasteiger partial charge in [-0.05, 0) is 30.3 Å². The van der Waals surface area contributed by atoms with Crippen LogP contribution in [0.15, 0.2) is 53.1 Å². The van der Waals surface area contributed by atoms with E-state index in [1.54, 1.807) is 18.2 Å². The minimum absolute atomic E-state index is 0.159. The van der Waals surface area contributed by atoms with E-state index >= 15 is 0 Å². The molecule has 9 heteroatoms. The Hall–Kier alpha value is -3.56. The van der Waals surface area contributed by atoms with Gasteiger partial charge in [0.25, 0.3) is 0 Å². The van der Waals surface area contributed by atoms with Crippen molar-refractivity contribution in [2.45, 2.75) is 19.4 Å². The van der Waals surface area contributed by atoms with Crippen molar-refractivity contribution in [2.75, 3.05) is 31.6 Å². The Morgan fingerprint density at radius 3 is 2.88 bits per heavy atom. The highest BCUT2D eigenvalue weighted by Gasteiger charge is 2.14. The summed E-state index contributed by atoms with van der Waals surface area (Å²) in [6, 6.07) is 11.9. The molecular weight excluding hydrogens is 425 g/mol. The average Bonchev–Trinajstić information content (AvgIpc) is 3.45. The van der Waals surface area contributed by atoms with Gasteiger partial charge in [0.05, 0.1) is 42.6 Å². The zero-order chi connectivity index (χ0) is 22.6. The van der Waals surface area contributed by atoms with Crippen LogP contribution in [0.1, 0.15) is 18.1 Å². The van der Waals surface area contributed by atoms with Crippen LogP contribution in [-0.2, 0) is 22.5 Å². The summed E-state index contributed by atoms with van der Waals surface area (Å²) in [5.41, 5.74) is 2.77. The topological polar surface area (TPSA) is 96.3 Å². The first-order valence-corrected chi connectivity index (χ1v) is 10.9. The zero-order valence-electron chi connectivity index (χ0n) is 18.0. The number of carbonyl (C=O) groups excluding carboxylic acids is 1. The van der Waals surface area contributed by atoms with E-state index in [0.29, 0.717) is 29.3 Å². The van der Waals surface area contributed by atoms with Crippen molar-refractivity contribution in [3.8, 4) is 11.3 Å². The number of hydrogen-bond acceptors (Lipinski definition) is 6. The molecule has 0 aliphatic carbocycles. The molecule has 0 saturated carbocycles. The van der Waals surface area contributed by atoms with Crippen molar-refractivity contribution in [3.05, 3.63) is 66.2 Å². The van der Waals surface area contributed by atoms with Gasteiger partial charge < -0.3 is 19.5 Å². The summed E-state index contributed by atoms with van der Waals surface area (Å²) in [6.07, 6.45) is 1.99. The van der Waals surface area contributed by atoms with Crippen molar-refractivity contribution in [2.24, 2.45) is 0 Å². The number of halogens is 1. The van der Waals surface area contributed by atoms with Gasteiger partial charge in [-0.1, -0.05) is 12.1 Å². The van der Waals surface area contributed by atoms with E-state index in [1.807, 2.05) is 18.2 Å². The lowest BCUT2D eigenvalue weighted by Crippen LogP contribution is -2.35. The molecule has 0 bridgehead atoms. The van der Waals surface area contributed by atoms with Gasteiger partial charge in [0.2, 0.25) is 5.91 Å². The maximum atomic E-state index is 13.9. The average molecular weight is 449 g/mol. The number of morpholine rings is 1. The lowest BCUT2D eigenvalue weighted by Gasteiger charge is -2.25. The Morgan fingerprint density at radius 1 is 1.18 bits per heavy atom. The number of rotatable bonds is 7. The summed E-state index contributed by atoms with van der Waals surface area (Å²) in [6.45, 7) is 4.02. The Morgan fingerprint density at radius 2 is 2.03 bits per heavy atom. The first-order valence-electron chi connectivity index (χ1n) is 10.9. The number of hydrogen-bond donors (Lipinski definition) is 2. The predicted octanol–water partition coefficient (Wildman–Crippen LogP) is 3.76. The summed E-state index contributed by atoms with van der Waals surface area (Å²) in [4.78, 5) is 26.9. The summed E-state index contributed by atoms with van der Waals surface area (Å²) >= 11 is 0. The molecular formula is C24H24FN5O3. The molecule has 0 radical (unpaired) electrons. The molecule has 2 aromatic carbocycles. The van der Waals surface area contributed by atoms with E-state index in [2.05, 4.69) is 25.2 Å². The number of amides is 1. The quantitative estimate of drug-likeness (QED) is 0.446. The number of fused-ring (bicyclic) bond motifs is 1. The van der Waals surface area contributed by atoms with Crippen LogP contribution >= 0.6 is 0 Å². The smallest absolute Gasteiger partial charge is 0.224 e. The van der Waals surface area contributed by atoms with Crippen LogP contribution in [-0.4, -0.2) is 52.1 Å². The molecule has 1 saturated heterocycles. The minimum Gasteiger partial charge on any atom is -0.441 e. The molecule has 5 rings (SSSR count). The number of H-pyrrole nitrogens is 1. The van der Waals surface area contributed by atoms with Gasteiger partial charge >= 0.3 is 0 Å². The van der Waals surface area contributed by atoms with Crippen LogP contribution in [0.4, 0.5) is 10.1 Å². The standard InChI is InChI=1S/C24H24FN5O3/c25-18-4-2-1-3-17(18)21-14-26-24(33-21)8-7-23(31)27-16-5-6-19-20(13-16)29-22(28-19)15-30-9-11-32-12-10-30/h1-6,13-14H,7-12,15H2,(H,27,31)(H,28,29). The van der Waals surface area contributed by atoms with E-state index < -0.39 is 0 Å². The second-order valence-electron chi connectivity index (χ2n) is 7.95. The first-order chi connectivity index (χ1) is 16.1. The third-order valence-electron chi connectivity index (χ3n) is 5.55. The number of ether oxygens (including phenoxy) is 1. The van der Waals surface area contributed by atoms with Crippen molar-refractivity contribution in [1.29, 1.82) is 0 Å². The van der Waals surface area contributed by atoms with Gasteiger partial charge in [-0.15, -0.1) is 0 Å². The van der Waals surface area contributed by atoms with Crippen LogP contribution < -0.4 is 5.32 Å². The molecule has 0 spiro atoms. The van der Waals surface area contributed by atoms with Gasteiger partial charge in [0.15, 0.2) is 11.7 Å². The molecule has 8 nitrogen and oxygen atoms in total. The lowest BCUT2D eigenvalue weighted by atomic mass is 10.2. The Balaban J connectivity index is 1.17. The van der Waals surface area contributed by atoms with Crippen LogP contribution in [0, 0.1) is 5.82 Å². The third kappa shape index (κ3) is 5.10. The fraction of sp³-hybridized carbons (Fsp3) is 0.292. The SMILES string of the molecule is O=C(CCc1ncc(-c2ccccc2F)o1)Nc1ccc2nc(CN3CCOCC3)[nH]c2c1. The zero-order valence-corrected chi connectivity index (χ0v) is 18.0. The molecule has 33 heavy (non-hydrogen) atoms. The monoisotopic (exact) mass is 449 g/mol. The maximum absolute atomic E-state index is 13.9. The number of oxazole rings is 1. The van der Waals surface area contributed by atoms with Crippen LogP contribution in [0.2, 0.25) is 0 Å². The molecule has 4 aromatic rings. The maximum Gasteiger partial charge on any atom is 0.224 e. The largest absolute Gasteiger partial charge is 0.441 e. The van der Waals surface area contributed by atoms with E-state index in [0.717, 1.165) is 49.7 Å². The van der Waals surface area contributed by atoms with Crippen molar-refractivity contribution in [1.82, 2.24) is 19.9 Å². The summed E-state index contributed by atoms with van der Waals surface area (Å²) in [5, 5.41) is 2.90. The Labute approximate surface area is 189 Å². The third-order valence-corrected chi connectivity index (χ3v) is 5.55. The number of nitrogens with one attached hydrogen (secondary N) is 2. The van der Waals surface area contributed by atoms with Gasteiger partial charge in [-0.3, -0.25) is 9.69 Å². The minimum atomic E-state index is -0.375. The molecule has 1 amide bonds. The summed E-state index contributed by atoms with van der Waals surface area (Å²) < 4.78 is 24.9. The molecule has 3 heterocycles. The van der Waals surface area contributed by atoms with E-state index in [1.165, 1.54) is 12.3 Å². The number of imidazole rings is 1. The molecule has 1 aliphatic heterocycles. The van der Waals surface area contributed by atoms with E-state index in [9.17, 15) is 9.18 Å².